The maximum absolute atomic E-state index is 11.3. The van der Waals surface area contributed by atoms with Crippen LogP contribution in [-0.4, -0.2) is 28.0 Å². The van der Waals surface area contributed by atoms with Crippen LogP contribution in [-0.2, 0) is 11.3 Å². The highest BCUT2D eigenvalue weighted by molar-refractivity contribution is 6.37. The first-order chi connectivity index (χ1) is 16.4. The number of hydrogen-bond donors (Lipinski definition) is 1. The standard InChI is InChI=1S/C15H11Cl2NO5.C6H3Cl2NO3/c1-22-15(19)10-4-2-9(3-5-10)8-23-14-7-13(18(20)21)11(16)6-12(14)17;7-3-1-4(8)6(10)2-5(3)9(11)12/h2-7H,8H2,1H3;1-2,10H. The Labute approximate surface area is 217 Å². The van der Waals surface area contributed by atoms with Gasteiger partial charge in [-0.3, -0.25) is 20.2 Å². The number of aromatic hydroxyl groups is 1. The number of carbonyl (C=O) groups excluding carboxylic acids is 1. The monoisotopic (exact) mass is 562 g/mol. The molecular formula is C21H14Cl4N2O8. The number of hydrogen-bond acceptors (Lipinski definition) is 8. The zero-order chi connectivity index (χ0) is 26.3. The molecule has 0 amide bonds. The lowest BCUT2D eigenvalue weighted by Crippen LogP contribution is -2.02. The van der Waals surface area contributed by atoms with Crippen molar-refractivity contribution in [3.63, 3.8) is 0 Å². The highest BCUT2D eigenvalue weighted by Gasteiger charge is 2.17. The fraction of sp³-hybridized carbons (Fsp3) is 0.0952. The number of nitro benzene ring substituents is 2. The molecule has 0 bridgehead atoms. The third-order valence-corrected chi connectivity index (χ3v) is 5.38. The lowest BCUT2D eigenvalue weighted by molar-refractivity contribution is -0.384. The van der Waals surface area contributed by atoms with Gasteiger partial charge in [-0.25, -0.2) is 4.79 Å². The van der Waals surface area contributed by atoms with E-state index in [0.717, 1.165) is 17.7 Å². The number of carbonyl (C=O) groups is 1. The predicted octanol–water partition coefficient (Wildman–Crippen LogP) is 6.87. The van der Waals surface area contributed by atoms with Crippen molar-refractivity contribution in [3.8, 4) is 11.5 Å². The highest BCUT2D eigenvalue weighted by atomic mass is 35.5. The van der Waals surface area contributed by atoms with Crippen LogP contribution in [0.3, 0.4) is 0 Å². The molecule has 3 rings (SSSR count). The summed E-state index contributed by atoms with van der Waals surface area (Å²) in [6.45, 7) is 0.125. The van der Waals surface area contributed by atoms with E-state index in [1.54, 1.807) is 24.3 Å². The van der Waals surface area contributed by atoms with Crippen LogP contribution in [0.15, 0.2) is 48.5 Å². The summed E-state index contributed by atoms with van der Waals surface area (Å²) < 4.78 is 10.1. The summed E-state index contributed by atoms with van der Waals surface area (Å²) in [4.78, 5) is 31.1. The highest BCUT2D eigenvalue weighted by Crippen LogP contribution is 2.36. The second-order valence-electron chi connectivity index (χ2n) is 6.48. The summed E-state index contributed by atoms with van der Waals surface area (Å²) in [5, 5.41) is 30.1. The van der Waals surface area contributed by atoms with E-state index in [2.05, 4.69) is 4.74 Å². The fourth-order valence-electron chi connectivity index (χ4n) is 2.45. The molecule has 0 atom stereocenters. The van der Waals surface area contributed by atoms with Crippen molar-refractivity contribution in [2.75, 3.05) is 7.11 Å². The molecule has 0 aliphatic carbocycles. The first-order valence-corrected chi connectivity index (χ1v) is 10.7. The number of methoxy groups -OCH3 is 1. The Morgan fingerprint density at radius 1 is 0.857 bits per heavy atom. The van der Waals surface area contributed by atoms with Crippen LogP contribution in [0, 0.1) is 20.2 Å². The minimum Gasteiger partial charge on any atom is -0.506 e. The molecule has 3 aromatic rings. The van der Waals surface area contributed by atoms with Crippen molar-refractivity contribution < 1.29 is 29.2 Å². The van der Waals surface area contributed by atoms with Crippen molar-refractivity contribution in [1.29, 1.82) is 0 Å². The molecule has 0 fully saturated rings. The first kappa shape index (κ1) is 27.9. The molecule has 0 radical (unpaired) electrons. The second kappa shape index (κ2) is 12.4. The smallest absolute Gasteiger partial charge is 0.337 e. The Balaban J connectivity index is 0.000000303. The maximum Gasteiger partial charge on any atom is 0.337 e. The molecule has 14 heteroatoms. The van der Waals surface area contributed by atoms with Gasteiger partial charge in [0.2, 0.25) is 0 Å². The molecule has 0 unspecified atom stereocenters. The quantitative estimate of drug-likeness (QED) is 0.194. The van der Waals surface area contributed by atoms with Crippen LogP contribution in [0.2, 0.25) is 20.1 Å². The number of benzene rings is 3. The van der Waals surface area contributed by atoms with Gasteiger partial charge in [0.25, 0.3) is 11.4 Å². The molecule has 0 saturated heterocycles. The van der Waals surface area contributed by atoms with E-state index in [4.69, 9.17) is 56.2 Å². The third kappa shape index (κ3) is 7.59. The fourth-order valence-corrected chi connectivity index (χ4v) is 3.41. The maximum atomic E-state index is 11.3. The summed E-state index contributed by atoms with van der Waals surface area (Å²) in [5.41, 5.74) is 0.522. The number of ether oxygens (including phenoxy) is 2. The van der Waals surface area contributed by atoms with E-state index in [0.29, 0.717) is 5.56 Å². The number of halogens is 4. The van der Waals surface area contributed by atoms with E-state index in [-0.39, 0.29) is 49.6 Å². The lowest BCUT2D eigenvalue weighted by atomic mass is 10.1. The zero-order valence-corrected chi connectivity index (χ0v) is 20.6. The number of nitro groups is 2. The zero-order valence-electron chi connectivity index (χ0n) is 17.5. The van der Waals surface area contributed by atoms with Gasteiger partial charge in [-0.2, -0.15) is 0 Å². The lowest BCUT2D eigenvalue weighted by Gasteiger charge is -2.09. The molecule has 0 saturated carbocycles. The van der Waals surface area contributed by atoms with Crippen LogP contribution in [0.4, 0.5) is 11.4 Å². The predicted molar refractivity (Wildman–Crippen MR) is 130 cm³/mol. The summed E-state index contributed by atoms with van der Waals surface area (Å²) >= 11 is 22.6. The number of phenols is 1. The van der Waals surface area contributed by atoms with Crippen molar-refractivity contribution >= 4 is 63.7 Å². The first-order valence-electron chi connectivity index (χ1n) is 9.20. The summed E-state index contributed by atoms with van der Waals surface area (Å²) in [6.07, 6.45) is 0. The molecule has 3 aromatic carbocycles. The average Bonchev–Trinajstić information content (AvgIpc) is 2.80. The number of esters is 1. The molecule has 0 heterocycles. The SMILES string of the molecule is COC(=O)c1ccc(COc2cc([N+](=O)[O-])c(Cl)cc2Cl)cc1.O=[N+]([O-])c1cc(O)c(Cl)cc1Cl. The minimum absolute atomic E-state index is 0.00870. The topological polar surface area (TPSA) is 142 Å². The van der Waals surface area contributed by atoms with Gasteiger partial charge in [0, 0.05) is 0 Å². The van der Waals surface area contributed by atoms with Crippen molar-refractivity contribution in [2.24, 2.45) is 0 Å². The van der Waals surface area contributed by atoms with Gasteiger partial charge in [0.15, 0.2) is 0 Å². The molecule has 184 valence electrons. The van der Waals surface area contributed by atoms with E-state index in [9.17, 15) is 25.0 Å². The molecular weight excluding hydrogens is 550 g/mol. The van der Waals surface area contributed by atoms with Crippen LogP contribution >= 0.6 is 46.4 Å². The molecule has 0 aliphatic rings. The Kier molecular flexibility index (Phi) is 9.90. The summed E-state index contributed by atoms with van der Waals surface area (Å²) in [6, 6.07) is 11.0. The van der Waals surface area contributed by atoms with Gasteiger partial charge >= 0.3 is 5.97 Å². The number of phenolic OH excluding ortho intramolecular Hbond substituents is 1. The normalized spacial score (nSPS) is 10.1. The van der Waals surface area contributed by atoms with Crippen molar-refractivity contribution in [3.05, 3.63) is 100.0 Å². The average molecular weight is 564 g/mol. The molecule has 0 aromatic heterocycles. The van der Waals surface area contributed by atoms with Crippen molar-refractivity contribution in [1.82, 2.24) is 0 Å². The Morgan fingerprint density at radius 2 is 1.37 bits per heavy atom. The van der Waals surface area contributed by atoms with Gasteiger partial charge in [-0.1, -0.05) is 58.5 Å². The van der Waals surface area contributed by atoms with Crippen LogP contribution in [0.5, 0.6) is 11.5 Å². The van der Waals surface area contributed by atoms with Crippen molar-refractivity contribution in [2.45, 2.75) is 6.61 Å². The molecule has 35 heavy (non-hydrogen) atoms. The van der Waals surface area contributed by atoms with E-state index in [1.807, 2.05) is 0 Å². The van der Waals surface area contributed by atoms with Gasteiger partial charge in [0.1, 0.15) is 28.2 Å². The van der Waals surface area contributed by atoms with Gasteiger partial charge in [-0.15, -0.1) is 0 Å². The molecule has 0 aliphatic heterocycles. The minimum atomic E-state index is -0.696. The van der Waals surface area contributed by atoms with E-state index >= 15 is 0 Å². The Hall–Kier alpha value is -3.31. The van der Waals surface area contributed by atoms with E-state index in [1.165, 1.54) is 19.2 Å². The largest absolute Gasteiger partial charge is 0.506 e. The van der Waals surface area contributed by atoms with Crippen LogP contribution in [0.1, 0.15) is 15.9 Å². The Morgan fingerprint density at radius 3 is 1.89 bits per heavy atom. The van der Waals surface area contributed by atoms with Gasteiger partial charge < -0.3 is 14.6 Å². The number of rotatable bonds is 6. The van der Waals surface area contributed by atoms with Gasteiger partial charge in [-0.05, 0) is 29.8 Å². The third-order valence-electron chi connectivity index (χ3n) is 4.18. The Bertz CT molecular complexity index is 1270. The van der Waals surface area contributed by atoms with Crippen LogP contribution < -0.4 is 4.74 Å². The number of nitrogens with zero attached hydrogens (tertiary/aromatic N) is 2. The van der Waals surface area contributed by atoms with E-state index < -0.39 is 15.8 Å². The molecule has 1 N–H and O–H groups in total. The van der Waals surface area contributed by atoms with Gasteiger partial charge in [0.05, 0.1) is 44.7 Å². The second-order valence-corrected chi connectivity index (χ2v) is 8.11. The molecule has 10 nitrogen and oxygen atoms in total. The van der Waals surface area contributed by atoms with Crippen LogP contribution in [0.25, 0.3) is 0 Å². The summed E-state index contributed by atoms with van der Waals surface area (Å²) in [5.74, 6) is -0.638. The summed E-state index contributed by atoms with van der Waals surface area (Å²) in [7, 11) is 1.30. The molecule has 0 spiro atoms.